The Balaban J connectivity index is 2.05. The number of aliphatic hydroxyl groups excluding tert-OH is 2. The van der Waals surface area contributed by atoms with E-state index in [4.69, 9.17) is 21.4 Å². The quantitative estimate of drug-likeness (QED) is 0.592. The van der Waals surface area contributed by atoms with E-state index in [-0.39, 0.29) is 12.8 Å². The standard InChI is InChI=1S/C11H11ClIN3O3/c12-10-9-5(13)2-16(11(9)15-4-14-10)8-1-6(18)7(3-17)19-8/h2,4,6-8,17-18H,1,3H2. The Kier molecular flexibility index (Phi) is 3.65. The average Bonchev–Trinajstić information content (AvgIpc) is 2.91. The van der Waals surface area contributed by atoms with Gasteiger partial charge in [-0.25, -0.2) is 9.97 Å². The molecule has 1 aliphatic heterocycles. The highest BCUT2D eigenvalue weighted by atomic mass is 127. The molecule has 3 heterocycles. The summed E-state index contributed by atoms with van der Waals surface area (Å²) in [6, 6.07) is 0. The minimum atomic E-state index is -0.678. The fourth-order valence-electron chi connectivity index (χ4n) is 2.27. The van der Waals surface area contributed by atoms with Crippen LogP contribution in [0, 0.1) is 3.57 Å². The molecule has 8 heteroatoms. The lowest BCUT2D eigenvalue weighted by Crippen LogP contribution is -2.24. The fourth-order valence-corrected chi connectivity index (χ4v) is 3.46. The van der Waals surface area contributed by atoms with E-state index in [0.29, 0.717) is 17.2 Å². The summed E-state index contributed by atoms with van der Waals surface area (Å²) < 4.78 is 8.37. The van der Waals surface area contributed by atoms with E-state index in [1.165, 1.54) is 6.33 Å². The minimum absolute atomic E-state index is 0.205. The third kappa shape index (κ3) is 2.23. The SMILES string of the molecule is OCC1OC(n2cc(I)c3c(Cl)ncnc32)CC1O. The Bertz CT molecular complexity index is 620. The van der Waals surface area contributed by atoms with E-state index in [9.17, 15) is 5.11 Å². The molecular formula is C11H11ClIN3O3. The van der Waals surface area contributed by atoms with Crippen LogP contribution in [0.25, 0.3) is 11.0 Å². The van der Waals surface area contributed by atoms with Crippen LogP contribution in [-0.4, -0.2) is 43.6 Å². The van der Waals surface area contributed by atoms with E-state index in [1.807, 2.05) is 10.8 Å². The molecule has 2 aromatic rings. The normalized spacial score (nSPS) is 27.3. The second-order valence-electron chi connectivity index (χ2n) is 4.36. The average molecular weight is 396 g/mol. The second kappa shape index (κ2) is 5.13. The van der Waals surface area contributed by atoms with E-state index in [1.54, 1.807) is 0 Å². The smallest absolute Gasteiger partial charge is 0.148 e. The number of hydrogen-bond donors (Lipinski definition) is 2. The Labute approximate surface area is 127 Å². The van der Waals surface area contributed by atoms with Gasteiger partial charge in [-0.05, 0) is 22.6 Å². The fraction of sp³-hybridized carbons (Fsp3) is 0.455. The number of aliphatic hydroxyl groups is 2. The number of nitrogens with zero attached hydrogens (tertiary/aromatic N) is 3. The molecule has 102 valence electrons. The predicted molar refractivity (Wildman–Crippen MR) is 76.9 cm³/mol. The number of ether oxygens (including phenoxy) is 1. The molecule has 0 bridgehead atoms. The van der Waals surface area contributed by atoms with E-state index < -0.39 is 12.2 Å². The van der Waals surface area contributed by atoms with Gasteiger partial charge in [0.1, 0.15) is 29.5 Å². The van der Waals surface area contributed by atoms with Crippen LogP contribution in [0.1, 0.15) is 12.6 Å². The van der Waals surface area contributed by atoms with E-state index in [2.05, 4.69) is 32.6 Å². The van der Waals surface area contributed by atoms with E-state index >= 15 is 0 Å². The Hall–Kier alpha value is -0.480. The van der Waals surface area contributed by atoms with Crippen molar-refractivity contribution in [3.05, 3.63) is 21.2 Å². The van der Waals surface area contributed by atoms with Gasteiger partial charge >= 0.3 is 0 Å². The van der Waals surface area contributed by atoms with E-state index in [0.717, 1.165) is 8.96 Å². The lowest BCUT2D eigenvalue weighted by Gasteiger charge is -2.14. The minimum Gasteiger partial charge on any atom is -0.394 e. The third-order valence-corrected chi connectivity index (χ3v) is 4.32. The van der Waals surface area contributed by atoms with Crippen LogP contribution >= 0.6 is 34.2 Å². The zero-order chi connectivity index (χ0) is 13.6. The number of hydrogen-bond acceptors (Lipinski definition) is 5. The zero-order valence-electron chi connectivity index (χ0n) is 9.70. The Morgan fingerprint density at radius 1 is 1.53 bits per heavy atom. The molecule has 19 heavy (non-hydrogen) atoms. The Morgan fingerprint density at radius 3 is 3.00 bits per heavy atom. The summed E-state index contributed by atoms with van der Waals surface area (Å²) in [7, 11) is 0. The largest absolute Gasteiger partial charge is 0.394 e. The molecular weight excluding hydrogens is 384 g/mol. The highest BCUT2D eigenvalue weighted by molar-refractivity contribution is 14.1. The van der Waals surface area contributed by atoms with Gasteiger partial charge in [0, 0.05) is 16.2 Å². The molecule has 0 radical (unpaired) electrons. The van der Waals surface area contributed by atoms with Gasteiger partial charge in [-0.3, -0.25) is 0 Å². The van der Waals surface area contributed by atoms with Crippen molar-refractivity contribution in [2.75, 3.05) is 6.61 Å². The molecule has 2 N–H and O–H groups in total. The van der Waals surface area contributed by atoms with Gasteiger partial charge in [0.05, 0.1) is 18.1 Å². The zero-order valence-corrected chi connectivity index (χ0v) is 12.6. The van der Waals surface area contributed by atoms with Gasteiger partial charge in [0.25, 0.3) is 0 Å². The highest BCUT2D eigenvalue weighted by Gasteiger charge is 2.35. The molecule has 0 aliphatic carbocycles. The summed E-state index contributed by atoms with van der Waals surface area (Å²) in [6.07, 6.45) is 2.07. The monoisotopic (exact) mass is 395 g/mol. The predicted octanol–water partition coefficient (Wildman–Crippen LogP) is 1.33. The summed E-state index contributed by atoms with van der Waals surface area (Å²) >= 11 is 8.23. The first-order valence-corrected chi connectivity index (χ1v) is 7.18. The van der Waals surface area contributed by atoms with Crippen LogP contribution in [0.2, 0.25) is 5.15 Å². The van der Waals surface area contributed by atoms with Crippen molar-refractivity contribution >= 4 is 45.2 Å². The molecule has 0 amide bonds. The van der Waals surface area contributed by atoms with Crippen LogP contribution in [0.5, 0.6) is 0 Å². The van der Waals surface area contributed by atoms with Crippen molar-refractivity contribution in [2.24, 2.45) is 0 Å². The maximum atomic E-state index is 9.80. The molecule has 0 spiro atoms. The van der Waals surface area contributed by atoms with Crippen molar-refractivity contribution in [2.45, 2.75) is 24.9 Å². The lowest BCUT2D eigenvalue weighted by atomic mass is 10.2. The molecule has 0 aromatic carbocycles. The van der Waals surface area contributed by atoms with Crippen molar-refractivity contribution in [1.82, 2.24) is 14.5 Å². The first-order chi connectivity index (χ1) is 9.11. The summed E-state index contributed by atoms with van der Waals surface area (Å²) in [6.45, 7) is -0.205. The molecule has 2 aromatic heterocycles. The Morgan fingerprint density at radius 2 is 2.32 bits per heavy atom. The van der Waals surface area contributed by atoms with Crippen LogP contribution in [0.3, 0.4) is 0 Å². The van der Waals surface area contributed by atoms with Crippen molar-refractivity contribution in [3.63, 3.8) is 0 Å². The van der Waals surface area contributed by atoms with Crippen LogP contribution in [0.15, 0.2) is 12.5 Å². The second-order valence-corrected chi connectivity index (χ2v) is 5.88. The molecule has 1 fully saturated rings. The summed E-state index contributed by atoms with van der Waals surface area (Å²) in [5.41, 5.74) is 0.667. The topological polar surface area (TPSA) is 80.4 Å². The number of halogens is 2. The van der Waals surface area contributed by atoms with Gasteiger partial charge < -0.3 is 19.5 Å². The first kappa shape index (κ1) is 13.5. The molecule has 3 rings (SSSR count). The van der Waals surface area contributed by atoms with Gasteiger partial charge in [-0.1, -0.05) is 11.6 Å². The van der Waals surface area contributed by atoms with Gasteiger partial charge in [-0.15, -0.1) is 0 Å². The third-order valence-electron chi connectivity index (χ3n) is 3.21. The molecule has 1 aliphatic rings. The first-order valence-electron chi connectivity index (χ1n) is 5.72. The van der Waals surface area contributed by atoms with Crippen molar-refractivity contribution in [1.29, 1.82) is 0 Å². The summed E-state index contributed by atoms with van der Waals surface area (Å²) in [5, 5.41) is 20.1. The maximum absolute atomic E-state index is 9.80. The number of aromatic nitrogens is 3. The molecule has 6 nitrogen and oxygen atoms in total. The molecule has 3 unspecified atom stereocenters. The van der Waals surface area contributed by atoms with Gasteiger partial charge in [-0.2, -0.15) is 0 Å². The van der Waals surface area contributed by atoms with Crippen LogP contribution in [0.4, 0.5) is 0 Å². The lowest BCUT2D eigenvalue weighted by molar-refractivity contribution is -0.0430. The van der Waals surface area contributed by atoms with Gasteiger partial charge in [0.15, 0.2) is 0 Å². The molecule has 1 saturated heterocycles. The van der Waals surface area contributed by atoms with Crippen molar-refractivity contribution in [3.8, 4) is 0 Å². The highest BCUT2D eigenvalue weighted by Crippen LogP contribution is 2.34. The summed E-state index contributed by atoms with van der Waals surface area (Å²) in [5.74, 6) is 0. The summed E-state index contributed by atoms with van der Waals surface area (Å²) in [4.78, 5) is 8.18. The van der Waals surface area contributed by atoms with Crippen LogP contribution in [-0.2, 0) is 4.74 Å². The maximum Gasteiger partial charge on any atom is 0.148 e. The van der Waals surface area contributed by atoms with Gasteiger partial charge in [0.2, 0.25) is 0 Å². The molecule has 3 atom stereocenters. The number of rotatable bonds is 2. The van der Waals surface area contributed by atoms with Crippen molar-refractivity contribution < 1.29 is 14.9 Å². The van der Waals surface area contributed by atoms with Crippen LogP contribution < -0.4 is 0 Å². The number of fused-ring (bicyclic) bond motifs is 1. The molecule has 0 saturated carbocycles.